The topological polar surface area (TPSA) is 35.2 Å². The van der Waals surface area contributed by atoms with Crippen LogP contribution >= 0.6 is 11.8 Å². The van der Waals surface area contributed by atoms with Gasteiger partial charge in [-0.25, -0.2) is 0 Å². The van der Waals surface area contributed by atoms with Gasteiger partial charge in [0.05, 0.1) is 12.7 Å². The second-order valence-corrected chi connectivity index (χ2v) is 6.08. The minimum atomic E-state index is 0.387. The molecule has 0 amide bonds. The lowest BCUT2D eigenvalue weighted by atomic mass is 9.90. The Balaban J connectivity index is 1.49. The van der Waals surface area contributed by atoms with Gasteiger partial charge in [0.15, 0.2) is 0 Å². The summed E-state index contributed by atoms with van der Waals surface area (Å²) in [6.07, 6.45) is 3.67. The molecule has 1 atom stereocenters. The molecule has 1 aromatic carbocycles. The highest BCUT2D eigenvalue weighted by Crippen LogP contribution is 2.37. The average molecular weight is 235 g/mol. The zero-order valence-electron chi connectivity index (χ0n) is 9.26. The van der Waals surface area contributed by atoms with E-state index in [0.717, 1.165) is 25.9 Å². The molecule has 0 radical (unpaired) electrons. The Morgan fingerprint density at radius 1 is 1.31 bits per heavy atom. The third-order valence-corrected chi connectivity index (χ3v) is 4.65. The quantitative estimate of drug-likeness (QED) is 0.872. The van der Waals surface area contributed by atoms with Gasteiger partial charge in [-0.1, -0.05) is 18.2 Å². The lowest BCUT2D eigenvalue weighted by molar-refractivity contribution is -0.00705. The molecule has 1 aliphatic heterocycles. The molecule has 2 aliphatic rings. The fourth-order valence-corrected chi connectivity index (χ4v) is 3.56. The molecular formula is C13H17NOS. The van der Waals surface area contributed by atoms with Crippen LogP contribution in [0.3, 0.4) is 0 Å². The number of hydrogen-bond acceptors (Lipinski definition) is 3. The first-order valence-corrected chi connectivity index (χ1v) is 6.81. The third kappa shape index (κ3) is 2.12. The predicted octanol–water partition coefficient (Wildman–Crippen LogP) is 2.21. The fraction of sp³-hybridized carbons (Fsp3) is 0.538. The van der Waals surface area contributed by atoms with E-state index in [1.54, 1.807) is 0 Å². The lowest BCUT2D eigenvalue weighted by Crippen LogP contribution is -2.42. The van der Waals surface area contributed by atoms with E-state index < -0.39 is 0 Å². The van der Waals surface area contributed by atoms with Crippen molar-refractivity contribution in [2.45, 2.75) is 41.6 Å². The summed E-state index contributed by atoms with van der Waals surface area (Å²) in [6, 6.07) is 9.05. The van der Waals surface area contributed by atoms with Crippen LogP contribution in [-0.2, 0) is 11.2 Å². The van der Waals surface area contributed by atoms with Crippen LogP contribution in [0.4, 0.5) is 0 Å². The highest BCUT2D eigenvalue weighted by atomic mass is 32.2. The second-order valence-electron chi connectivity index (χ2n) is 4.74. The van der Waals surface area contributed by atoms with Crippen molar-refractivity contribution in [1.29, 1.82) is 0 Å². The standard InChI is InChI=1S/C13H17NOS/c14-10-6-11(7-10)15-8-12-5-9-3-1-2-4-13(9)16-12/h1-4,10-12H,5-8,14H2. The lowest BCUT2D eigenvalue weighted by Gasteiger charge is -2.32. The summed E-state index contributed by atoms with van der Waals surface area (Å²) in [6.45, 7) is 0.872. The SMILES string of the molecule is NC1CC(OCC2Cc3ccccc3S2)C1. The van der Waals surface area contributed by atoms with Crippen molar-refractivity contribution in [3.63, 3.8) is 0 Å². The number of rotatable bonds is 3. The molecule has 1 aliphatic carbocycles. The van der Waals surface area contributed by atoms with Crippen LogP contribution in [0, 0.1) is 0 Å². The van der Waals surface area contributed by atoms with Gasteiger partial charge in [0.2, 0.25) is 0 Å². The Morgan fingerprint density at radius 2 is 2.12 bits per heavy atom. The van der Waals surface area contributed by atoms with Gasteiger partial charge in [0.25, 0.3) is 0 Å². The highest BCUT2D eigenvalue weighted by molar-refractivity contribution is 8.00. The maximum Gasteiger partial charge on any atom is 0.0605 e. The molecule has 86 valence electrons. The predicted molar refractivity (Wildman–Crippen MR) is 66.7 cm³/mol. The maximum absolute atomic E-state index is 5.86. The third-order valence-electron chi connectivity index (χ3n) is 3.36. The molecule has 1 unspecified atom stereocenters. The Kier molecular flexibility index (Phi) is 2.92. The van der Waals surface area contributed by atoms with Gasteiger partial charge in [-0.15, -0.1) is 11.8 Å². The van der Waals surface area contributed by atoms with E-state index in [9.17, 15) is 0 Å². The van der Waals surface area contributed by atoms with Gasteiger partial charge in [0.1, 0.15) is 0 Å². The first-order chi connectivity index (χ1) is 7.81. The van der Waals surface area contributed by atoms with E-state index >= 15 is 0 Å². The van der Waals surface area contributed by atoms with Crippen molar-refractivity contribution < 1.29 is 4.74 Å². The van der Waals surface area contributed by atoms with E-state index in [0.29, 0.717) is 17.4 Å². The minimum absolute atomic E-state index is 0.387. The smallest absolute Gasteiger partial charge is 0.0605 e. The molecule has 0 saturated heterocycles. The largest absolute Gasteiger partial charge is 0.377 e. The summed E-state index contributed by atoms with van der Waals surface area (Å²) < 4.78 is 5.86. The number of thioether (sulfide) groups is 1. The van der Waals surface area contributed by atoms with Crippen LogP contribution in [0.1, 0.15) is 18.4 Å². The summed E-state index contributed by atoms with van der Waals surface area (Å²) in [4.78, 5) is 1.43. The molecular weight excluding hydrogens is 218 g/mol. The molecule has 3 rings (SSSR count). The van der Waals surface area contributed by atoms with E-state index in [4.69, 9.17) is 10.5 Å². The van der Waals surface area contributed by atoms with E-state index in [1.807, 2.05) is 11.8 Å². The van der Waals surface area contributed by atoms with Crippen molar-refractivity contribution in [3.8, 4) is 0 Å². The van der Waals surface area contributed by atoms with Crippen LogP contribution in [-0.4, -0.2) is 24.0 Å². The van der Waals surface area contributed by atoms with E-state index in [1.165, 1.54) is 10.5 Å². The molecule has 16 heavy (non-hydrogen) atoms. The van der Waals surface area contributed by atoms with Gasteiger partial charge < -0.3 is 10.5 Å². The van der Waals surface area contributed by atoms with E-state index in [2.05, 4.69) is 24.3 Å². The fourth-order valence-electron chi connectivity index (χ4n) is 2.33. The minimum Gasteiger partial charge on any atom is -0.377 e. The Bertz CT molecular complexity index is 351. The number of hydrogen-bond donors (Lipinski definition) is 1. The Hall–Kier alpha value is -0.510. The molecule has 1 saturated carbocycles. The van der Waals surface area contributed by atoms with Gasteiger partial charge >= 0.3 is 0 Å². The molecule has 2 N–H and O–H groups in total. The highest BCUT2D eigenvalue weighted by Gasteiger charge is 2.29. The van der Waals surface area contributed by atoms with Gasteiger partial charge in [0, 0.05) is 16.2 Å². The van der Waals surface area contributed by atoms with Crippen molar-refractivity contribution in [2.75, 3.05) is 6.61 Å². The Morgan fingerprint density at radius 3 is 2.88 bits per heavy atom. The monoisotopic (exact) mass is 235 g/mol. The number of fused-ring (bicyclic) bond motifs is 1. The zero-order valence-corrected chi connectivity index (χ0v) is 10.1. The van der Waals surface area contributed by atoms with Gasteiger partial charge in [-0.3, -0.25) is 0 Å². The average Bonchev–Trinajstić information content (AvgIpc) is 2.65. The summed E-state index contributed by atoms with van der Waals surface area (Å²) in [5.41, 5.74) is 7.21. The molecule has 0 bridgehead atoms. The number of benzene rings is 1. The summed E-state index contributed by atoms with van der Waals surface area (Å²) in [7, 11) is 0. The molecule has 1 fully saturated rings. The number of ether oxygens (including phenoxy) is 1. The van der Waals surface area contributed by atoms with Gasteiger partial charge in [-0.2, -0.15) is 0 Å². The van der Waals surface area contributed by atoms with Crippen LogP contribution < -0.4 is 5.73 Å². The molecule has 1 heterocycles. The number of nitrogens with two attached hydrogens (primary N) is 1. The normalized spacial score (nSPS) is 32.2. The first kappa shape index (κ1) is 10.6. The second kappa shape index (κ2) is 4.40. The molecule has 3 heteroatoms. The molecule has 2 nitrogen and oxygen atoms in total. The zero-order chi connectivity index (χ0) is 11.0. The van der Waals surface area contributed by atoms with Crippen LogP contribution in [0.25, 0.3) is 0 Å². The molecule has 0 aromatic heterocycles. The maximum atomic E-state index is 5.86. The van der Waals surface area contributed by atoms with E-state index in [-0.39, 0.29) is 0 Å². The molecule has 0 spiro atoms. The van der Waals surface area contributed by atoms with Crippen molar-refractivity contribution in [2.24, 2.45) is 5.73 Å². The van der Waals surface area contributed by atoms with Crippen molar-refractivity contribution >= 4 is 11.8 Å². The summed E-state index contributed by atoms with van der Waals surface area (Å²) in [5, 5.41) is 0.606. The summed E-state index contributed by atoms with van der Waals surface area (Å²) in [5.74, 6) is 0. The molecule has 1 aromatic rings. The Labute approximate surface area is 101 Å². The van der Waals surface area contributed by atoms with Crippen LogP contribution in [0.5, 0.6) is 0 Å². The van der Waals surface area contributed by atoms with Gasteiger partial charge in [-0.05, 0) is 30.9 Å². The summed E-state index contributed by atoms with van der Waals surface area (Å²) >= 11 is 1.96. The van der Waals surface area contributed by atoms with Crippen molar-refractivity contribution in [3.05, 3.63) is 29.8 Å². The van der Waals surface area contributed by atoms with Crippen molar-refractivity contribution in [1.82, 2.24) is 0 Å². The van der Waals surface area contributed by atoms with Crippen LogP contribution in [0.15, 0.2) is 29.2 Å². The first-order valence-electron chi connectivity index (χ1n) is 5.93. The van der Waals surface area contributed by atoms with Crippen LogP contribution in [0.2, 0.25) is 0 Å².